The fourth-order valence-electron chi connectivity index (χ4n) is 4.46. The lowest BCUT2D eigenvalue weighted by Crippen LogP contribution is -2.66. The molecule has 0 aliphatic carbocycles. The minimum Gasteiger partial charge on any atom is -0.444 e. The first-order valence-corrected chi connectivity index (χ1v) is 12.3. The molecule has 2 saturated heterocycles. The fraction of sp³-hybridized carbons (Fsp3) is 0.542. The second-order valence-electron chi connectivity index (χ2n) is 10.0. The van der Waals surface area contributed by atoms with Crippen LogP contribution in [0.4, 0.5) is 10.8 Å². The number of carbonyl (C=O) groups is 1. The summed E-state index contributed by atoms with van der Waals surface area (Å²) in [5, 5.41) is 2.89. The Morgan fingerprint density at radius 3 is 2.55 bits per heavy atom. The second kappa shape index (κ2) is 8.29. The molecule has 2 aliphatic rings. The summed E-state index contributed by atoms with van der Waals surface area (Å²) in [4.78, 5) is 26.2. The van der Waals surface area contributed by atoms with E-state index in [-0.39, 0.29) is 18.2 Å². The Kier molecular flexibility index (Phi) is 5.56. The highest BCUT2D eigenvalue weighted by molar-refractivity contribution is 7.13. The van der Waals surface area contributed by atoms with Crippen LogP contribution in [0.2, 0.25) is 0 Å². The number of morpholine rings is 1. The second-order valence-corrected chi connectivity index (χ2v) is 10.9. The molecule has 0 N–H and O–H groups in total. The molecule has 2 unspecified atom stereocenters. The molecule has 3 aromatic rings. The first-order valence-electron chi connectivity index (χ1n) is 11.4. The number of hydrogen-bond donors (Lipinski definition) is 0. The van der Waals surface area contributed by atoms with Crippen LogP contribution in [0.1, 0.15) is 46.1 Å². The molecule has 2 atom stereocenters. The molecule has 0 spiro atoms. The van der Waals surface area contributed by atoms with Gasteiger partial charge in [-0.15, -0.1) is 11.3 Å². The number of piperazine rings is 1. The highest BCUT2D eigenvalue weighted by Crippen LogP contribution is 2.37. The maximum Gasteiger partial charge on any atom is 0.411 e. The molecule has 2 fully saturated rings. The quantitative estimate of drug-likeness (QED) is 0.539. The number of anilines is 1. The van der Waals surface area contributed by atoms with E-state index in [4.69, 9.17) is 18.9 Å². The van der Waals surface area contributed by atoms with E-state index in [9.17, 15) is 4.79 Å². The van der Waals surface area contributed by atoms with Gasteiger partial charge in [-0.3, -0.25) is 4.90 Å². The molecule has 2 aromatic heterocycles. The number of nitrogens with zero attached hydrogens (tertiary/aromatic N) is 4. The third-order valence-corrected chi connectivity index (χ3v) is 6.78. The number of amides is 1. The van der Waals surface area contributed by atoms with Gasteiger partial charge in [0, 0.05) is 24.7 Å². The highest BCUT2D eigenvalue weighted by atomic mass is 32.1. The summed E-state index contributed by atoms with van der Waals surface area (Å²) in [5.74, 6) is 0.363. The van der Waals surface area contributed by atoms with Crippen molar-refractivity contribution in [2.45, 2.75) is 58.2 Å². The maximum absolute atomic E-state index is 12.9. The van der Waals surface area contributed by atoms with Gasteiger partial charge >= 0.3 is 6.09 Å². The van der Waals surface area contributed by atoms with Crippen LogP contribution in [0.5, 0.6) is 0 Å². The molecule has 0 radical (unpaired) electrons. The average molecular weight is 471 g/mol. The zero-order valence-corrected chi connectivity index (χ0v) is 20.5. The number of ether oxygens (including phenoxy) is 2. The van der Waals surface area contributed by atoms with Gasteiger partial charge in [0.05, 0.1) is 30.9 Å². The number of oxazole rings is 1. The van der Waals surface area contributed by atoms with Crippen molar-refractivity contribution >= 4 is 34.5 Å². The zero-order valence-electron chi connectivity index (χ0n) is 19.7. The van der Waals surface area contributed by atoms with Crippen molar-refractivity contribution in [1.82, 2.24) is 14.9 Å². The number of carbonyl (C=O) groups excluding carboxylic acids is 1. The molecular weight excluding hydrogens is 440 g/mol. The summed E-state index contributed by atoms with van der Waals surface area (Å²) in [6, 6.07) is 4.60. The minimum atomic E-state index is -0.538. The number of thiazole rings is 1. The van der Waals surface area contributed by atoms with Gasteiger partial charge in [0.2, 0.25) is 0 Å². The van der Waals surface area contributed by atoms with Gasteiger partial charge < -0.3 is 18.8 Å². The molecule has 1 amide bonds. The van der Waals surface area contributed by atoms with Crippen LogP contribution in [-0.4, -0.2) is 64.9 Å². The standard InChI is InChI=1S/C24H30N4O4S/c1-14(2)15-8-18(21-25-6-7-33-21)20-19(9-15)26-22(31-20)27-10-16-12-30-13-17(11-27)28(16)23(29)32-24(3,4)5/h6-9,14,16-17H,10-13H2,1-5H3. The number of fused-ring (bicyclic) bond motifs is 3. The molecule has 5 rings (SSSR count). The Morgan fingerprint density at radius 2 is 1.94 bits per heavy atom. The summed E-state index contributed by atoms with van der Waals surface area (Å²) in [6.45, 7) is 12.1. The maximum atomic E-state index is 12.9. The summed E-state index contributed by atoms with van der Waals surface area (Å²) in [5.41, 5.74) is 3.22. The van der Waals surface area contributed by atoms with Crippen LogP contribution in [0.25, 0.3) is 21.7 Å². The topological polar surface area (TPSA) is 80.9 Å². The van der Waals surface area contributed by atoms with Gasteiger partial charge in [-0.25, -0.2) is 9.78 Å². The van der Waals surface area contributed by atoms with Crippen molar-refractivity contribution in [2.75, 3.05) is 31.2 Å². The molecule has 176 valence electrons. The Hall–Kier alpha value is -2.65. The molecular formula is C24H30N4O4S. The van der Waals surface area contributed by atoms with Crippen molar-refractivity contribution in [3.8, 4) is 10.6 Å². The summed E-state index contributed by atoms with van der Waals surface area (Å²) in [7, 11) is 0. The van der Waals surface area contributed by atoms with Gasteiger partial charge in [-0.2, -0.15) is 4.98 Å². The van der Waals surface area contributed by atoms with E-state index in [1.165, 1.54) is 5.56 Å². The summed E-state index contributed by atoms with van der Waals surface area (Å²) in [6.07, 6.45) is 1.52. The monoisotopic (exact) mass is 470 g/mol. The van der Waals surface area contributed by atoms with E-state index in [0.717, 1.165) is 21.7 Å². The van der Waals surface area contributed by atoms with E-state index in [1.807, 2.05) is 37.2 Å². The van der Waals surface area contributed by atoms with Crippen LogP contribution in [-0.2, 0) is 9.47 Å². The van der Waals surface area contributed by atoms with E-state index in [2.05, 4.69) is 35.9 Å². The largest absolute Gasteiger partial charge is 0.444 e. The molecule has 4 heterocycles. The van der Waals surface area contributed by atoms with Crippen molar-refractivity contribution < 1.29 is 18.7 Å². The van der Waals surface area contributed by atoms with Crippen LogP contribution in [0.3, 0.4) is 0 Å². The predicted molar refractivity (Wildman–Crippen MR) is 128 cm³/mol. The van der Waals surface area contributed by atoms with Crippen LogP contribution in [0, 0.1) is 0 Å². The predicted octanol–water partition coefficient (Wildman–Crippen LogP) is 4.90. The lowest BCUT2D eigenvalue weighted by molar-refractivity contribution is -0.0670. The van der Waals surface area contributed by atoms with E-state index >= 15 is 0 Å². The Bertz CT molecular complexity index is 1140. The molecule has 9 heteroatoms. The number of rotatable bonds is 3. The van der Waals surface area contributed by atoms with Crippen molar-refractivity contribution in [1.29, 1.82) is 0 Å². The normalized spacial score (nSPS) is 21.2. The van der Waals surface area contributed by atoms with Crippen LogP contribution >= 0.6 is 11.3 Å². The van der Waals surface area contributed by atoms with Gasteiger partial charge in [-0.05, 0) is 44.4 Å². The fourth-order valence-corrected chi connectivity index (χ4v) is 5.11. The molecule has 0 saturated carbocycles. The van der Waals surface area contributed by atoms with E-state index in [0.29, 0.717) is 38.2 Å². The summed E-state index contributed by atoms with van der Waals surface area (Å²) >= 11 is 1.59. The van der Waals surface area contributed by atoms with E-state index in [1.54, 1.807) is 11.3 Å². The first kappa shape index (κ1) is 22.2. The Balaban J connectivity index is 1.47. The van der Waals surface area contributed by atoms with Gasteiger partial charge in [-0.1, -0.05) is 13.8 Å². The Labute approximate surface area is 197 Å². The first-order chi connectivity index (χ1) is 15.7. The van der Waals surface area contributed by atoms with Crippen LogP contribution in [0.15, 0.2) is 28.1 Å². The smallest absolute Gasteiger partial charge is 0.411 e. The molecule has 33 heavy (non-hydrogen) atoms. The van der Waals surface area contributed by atoms with Crippen molar-refractivity contribution in [3.63, 3.8) is 0 Å². The molecule has 8 nitrogen and oxygen atoms in total. The lowest BCUT2D eigenvalue weighted by atomic mass is 10.00. The lowest BCUT2D eigenvalue weighted by Gasteiger charge is -2.48. The molecule has 2 bridgehead atoms. The van der Waals surface area contributed by atoms with Crippen LogP contribution < -0.4 is 4.90 Å². The third-order valence-electron chi connectivity index (χ3n) is 5.97. The third kappa shape index (κ3) is 4.31. The average Bonchev–Trinajstić information content (AvgIpc) is 3.40. The molecule has 1 aromatic carbocycles. The van der Waals surface area contributed by atoms with Crippen molar-refractivity contribution in [2.24, 2.45) is 0 Å². The van der Waals surface area contributed by atoms with Gasteiger partial charge in [0.25, 0.3) is 6.01 Å². The van der Waals surface area contributed by atoms with E-state index < -0.39 is 5.60 Å². The zero-order chi connectivity index (χ0) is 23.3. The highest BCUT2D eigenvalue weighted by Gasteiger charge is 2.43. The van der Waals surface area contributed by atoms with Crippen molar-refractivity contribution in [3.05, 3.63) is 29.3 Å². The van der Waals surface area contributed by atoms with Gasteiger partial charge in [0.15, 0.2) is 5.58 Å². The number of benzene rings is 1. The SMILES string of the molecule is CC(C)c1cc(-c2nccs2)c2oc(N3CC4COCC(C3)N4C(=O)OC(C)(C)C)nc2c1. The Morgan fingerprint density at radius 1 is 1.21 bits per heavy atom. The number of aromatic nitrogens is 2. The summed E-state index contributed by atoms with van der Waals surface area (Å²) < 4.78 is 17.8. The molecule has 2 aliphatic heterocycles. The minimum absolute atomic E-state index is 0.118. The van der Waals surface area contributed by atoms with Gasteiger partial charge in [0.1, 0.15) is 16.1 Å². The number of hydrogen-bond acceptors (Lipinski definition) is 8.